The fraction of sp³-hybridized carbons (Fsp3) is 0.745. The van der Waals surface area contributed by atoms with Gasteiger partial charge in [0.2, 0.25) is 0 Å². The fourth-order valence-corrected chi connectivity index (χ4v) is 5.52. The number of aliphatic hydroxyl groups excluding tert-OH is 1. The van der Waals surface area contributed by atoms with Gasteiger partial charge in [-0.25, -0.2) is 0 Å². The average molecular weight is 851 g/mol. The van der Waals surface area contributed by atoms with Crippen LogP contribution in [0.1, 0.15) is 175 Å². The summed E-state index contributed by atoms with van der Waals surface area (Å²) in [5.41, 5.74) is -1.43. The molecule has 0 bridgehead atoms. The minimum atomic E-state index is -1.43. The molecule has 0 unspecified atom stereocenters. The van der Waals surface area contributed by atoms with Crippen molar-refractivity contribution in [3.8, 4) is 0 Å². The number of carbonyl (C=O) groups excluding carboxylic acids is 6. The number of hydrogen-bond acceptors (Lipinski definition) is 13. The predicted octanol–water partition coefficient (Wildman–Crippen LogP) is 9.32. The molecule has 0 aromatic rings. The Morgan fingerprint density at radius 2 is 0.617 bits per heavy atom. The van der Waals surface area contributed by atoms with E-state index in [1.807, 2.05) is 0 Å². The minimum Gasteiger partial charge on any atom is -0.466 e. The molecule has 1 N–H and O–H groups in total. The van der Waals surface area contributed by atoms with Gasteiger partial charge in [0.1, 0.15) is 19.8 Å². The van der Waals surface area contributed by atoms with Crippen molar-refractivity contribution < 1.29 is 62.3 Å². The summed E-state index contributed by atoms with van der Waals surface area (Å²) < 4.78 is 32.2. The van der Waals surface area contributed by atoms with Crippen LogP contribution in [0.15, 0.2) is 36.5 Å². The van der Waals surface area contributed by atoms with E-state index in [0.29, 0.717) is 58.3 Å². The van der Waals surface area contributed by atoms with Gasteiger partial charge in [-0.1, -0.05) is 57.2 Å². The van der Waals surface area contributed by atoms with Gasteiger partial charge in [0.05, 0.1) is 31.8 Å². The van der Waals surface area contributed by atoms with Crippen LogP contribution in [0.3, 0.4) is 0 Å². The highest BCUT2D eigenvalue weighted by Crippen LogP contribution is 2.21. The molecule has 60 heavy (non-hydrogen) atoms. The van der Waals surface area contributed by atoms with Crippen LogP contribution in [-0.2, 0) is 57.2 Å². The Labute approximate surface area is 360 Å². The van der Waals surface area contributed by atoms with E-state index in [4.69, 9.17) is 28.4 Å². The summed E-state index contributed by atoms with van der Waals surface area (Å²) in [5.74, 6) is -2.71. The Hall–Kier alpha value is -4.00. The van der Waals surface area contributed by atoms with Crippen LogP contribution < -0.4 is 0 Å². The first-order valence-electron chi connectivity index (χ1n) is 22.6. The highest BCUT2D eigenvalue weighted by molar-refractivity contribution is 5.72. The van der Waals surface area contributed by atoms with Crippen molar-refractivity contribution in [2.24, 2.45) is 5.41 Å². The van der Waals surface area contributed by atoms with Gasteiger partial charge in [-0.3, -0.25) is 28.8 Å². The summed E-state index contributed by atoms with van der Waals surface area (Å²) in [6.45, 7) is 5.52. The van der Waals surface area contributed by atoms with Crippen molar-refractivity contribution in [3.63, 3.8) is 0 Å². The molecule has 0 aliphatic heterocycles. The van der Waals surface area contributed by atoms with E-state index in [1.165, 1.54) is 0 Å². The van der Waals surface area contributed by atoms with Gasteiger partial charge in [-0.15, -0.1) is 0 Å². The number of rotatable bonds is 40. The normalized spacial score (nSPS) is 11.6. The van der Waals surface area contributed by atoms with Crippen molar-refractivity contribution in [1.82, 2.24) is 0 Å². The fourth-order valence-electron chi connectivity index (χ4n) is 5.52. The molecular formula is C47H78O13. The maximum absolute atomic E-state index is 12.7. The van der Waals surface area contributed by atoms with E-state index in [2.05, 4.69) is 57.2 Å². The lowest BCUT2D eigenvalue weighted by Gasteiger charge is -2.30. The molecule has 344 valence electrons. The third-order valence-electron chi connectivity index (χ3n) is 9.28. The predicted molar refractivity (Wildman–Crippen MR) is 231 cm³/mol. The van der Waals surface area contributed by atoms with Crippen molar-refractivity contribution in [1.29, 1.82) is 0 Å². The zero-order chi connectivity index (χ0) is 44.4. The van der Waals surface area contributed by atoms with Crippen LogP contribution >= 0.6 is 0 Å². The van der Waals surface area contributed by atoms with Gasteiger partial charge in [0.25, 0.3) is 0 Å². The first kappa shape index (κ1) is 56.0. The molecule has 0 radical (unpaired) electrons. The molecule has 0 heterocycles. The van der Waals surface area contributed by atoms with Crippen LogP contribution in [0.4, 0.5) is 0 Å². The zero-order valence-corrected chi connectivity index (χ0v) is 37.2. The monoisotopic (exact) mass is 851 g/mol. The lowest BCUT2D eigenvalue weighted by molar-refractivity contribution is -0.166. The van der Waals surface area contributed by atoms with E-state index >= 15 is 0 Å². The van der Waals surface area contributed by atoms with Gasteiger partial charge in [0.15, 0.2) is 0 Å². The topological polar surface area (TPSA) is 178 Å². The summed E-state index contributed by atoms with van der Waals surface area (Å²) in [7, 11) is 0. The zero-order valence-electron chi connectivity index (χ0n) is 37.2. The van der Waals surface area contributed by atoms with E-state index in [-0.39, 0.29) is 76.3 Å². The van der Waals surface area contributed by atoms with E-state index in [9.17, 15) is 33.9 Å². The van der Waals surface area contributed by atoms with E-state index in [1.54, 1.807) is 0 Å². The lowest BCUT2D eigenvalue weighted by atomic mass is 9.92. The Morgan fingerprint density at radius 3 is 0.850 bits per heavy atom. The molecule has 13 heteroatoms. The Kier molecular flexibility index (Phi) is 37.7. The van der Waals surface area contributed by atoms with Crippen molar-refractivity contribution in [2.45, 2.75) is 175 Å². The maximum atomic E-state index is 12.7. The van der Waals surface area contributed by atoms with Crippen molar-refractivity contribution in [2.75, 3.05) is 46.2 Å². The summed E-state index contributed by atoms with van der Waals surface area (Å²) in [6.07, 6.45) is 26.6. The molecule has 13 nitrogen and oxygen atoms in total. The van der Waals surface area contributed by atoms with Crippen LogP contribution in [0.25, 0.3) is 0 Å². The number of hydrogen-bond donors (Lipinski definition) is 1. The summed E-state index contributed by atoms with van der Waals surface area (Å²) in [4.78, 5) is 74.1. The van der Waals surface area contributed by atoms with Gasteiger partial charge >= 0.3 is 35.8 Å². The third-order valence-corrected chi connectivity index (χ3v) is 9.28. The van der Waals surface area contributed by atoms with Gasteiger partial charge in [-0.05, 0) is 116 Å². The molecule has 0 aromatic carbocycles. The first-order valence-corrected chi connectivity index (χ1v) is 22.6. The Balaban J connectivity index is 4.86. The number of esters is 6. The highest BCUT2D eigenvalue weighted by atomic mass is 16.6. The molecule has 0 amide bonds. The number of allylic oxidation sites excluding steroid dienone is 6. The van der Waals surface area contributed by atoms with Gasteiger partial charge in [-0.2, -0.15) is 0 Å². The molecule has 0 aliphatic rings. The summed E-state index contributed by atoms with van der Waals surface area (Å²) in [5, 5.41) is 10.4. The second-order valence-corrected chi connectivity index (χ2v) is 15.0. The largest absolute Gasteiger partial charge is 0.466 e. The minimum absolute atomic E-state index is 0.00953. The van der Waals surface area contributed by atoms with E-state index < -0.39 is 29.9 Å². The number of unbranched alkanes of at least 4 members (excludes halogenated alkanes) is 9. The molecule has 0 rings (SSSR count). The van der Waals surface area contributed by atoms with Crippen LogP contribution in [0.2, 0.25) is 0 Å². The summed E-state index contributed by atoms with van der Waals surface area (Å²) in [6, 6.07) is 0. The first-order chi connectivity index (χ1) is 29.1. The molecule has 0 saturated carbocycles. The molecule has 0 aromatic heterocycles. The van der Waals surface area contributed by atoms with Crippen molar-refractivity contribution in [3.05, 3.63) is 36.5 Å². The smallest absolute Gasteiger partial charge is 0.305 e. The van der Waals surface area contributed by atoms with E-state index in [0.717, 1.165) is 77.0 Å². The lowest BCUT2D eigenvalue weighted by Crippen LogP contribution is -2.42. The standard InChI is InChI=1S/C47H78O13/c1-4-7-10-13-16-25-34-55-41(49)28-19-22-31-44(52)58-38-47(37-48,39-59-45(53)32-23-20-29-42(50)56-35-26-17-14-11-8-5-2)40-60-46(54)33-24-21-30-43(51)57-36-27-18-15-12-9-6-3/h7-12,48H,4-6,13-40H2,1-3H3/b10-7-,11-8-,12-9-. The third kappa shape index (κ3) is 35.9. The maximum Gasteiger partial charge on any atom is 0.305 e. The molecule has 0 spiro atoms. The SMILES string of the molecule is CC/C=C\CCCCOC(=O)CCCCC(=O)OCC(CO)(COC(=O)CCCCC(=O)OCCCC/C=C\CC)COC(=O)CCCCC(=O)OCCCC/C=C\CC. The Morgan fingerprint density at radius 1 is 0.367 bits per heavy atom. The van der Waals surface area contributed by atoms with Crippen LogP contribution in [-0.4, -0.2) is 87.2 Å². The molecule has 0 saturated heterocycles. The van der Waals surface area contributed by atoms with Crippen LogP contribution in [0.5, 0.6) is 0 Å². The highest BCUT2D eigenvalue weighted by Gasteiger charge is 2.35. The quantitative estimate of drug-likeness (QED) is 0.0267. The average Bonchev–Trinajstić information content (AvgIpc) is 3.24. The number of aliphatic hydroxyl groups is 1. The second-order valence-electron chi connectivity index (χ2n) is 15.0. The molecular weight excluding hydrogens is 773 g/mol. The molecule has 0 fully saturated rings. The van der Waals surface area contributed by atoms with Crippen molar-refractivity contribution >= 4 is 35.8 Å². The van der Waals surface area contributed by atoms with Gasteiger partial charge < -0.3 is 33.5 Å². The Bertz CT molecular complexity index is 1090. The van der Waals surface area contributed by atoms with Crippen LogP contribution in [0, 0.1) is 5.41 Å². The number of ether oxygens (including phenoxy) is 6. The number of carbonyl (C=O) groups is 6. The second kappa shape index (κ2) is 40.4. The van der Waals surface area contributed by atoms with Gasteiger partial charge in [0, 0.05) is 38.5 Å². The molecule has 0 atom stereocenters. The summed E-state index contributed by atoms with van der Waals surface area (Å²) >= 11 is 0. The molecule has 0 aliphatic carbocycles.